The number of carbonyl (C=O) groups is 3. The fraction of sp³-hybridized carbons (Fsp3) is 0.795. The van der Waals surface area contributed by atoms with Gasteiger partial charge in [-0.3, -0.25) is 14.4 Å². The smallest absolute Gasteiger partial charge is 0.306 e. The van der Waals surface area contributed by atoms with Gasteiger partial charge in [0.25, 0.3) is 0 Å². The predicted octanol–water partition coefficient (Wildman–Crippen LogP) is 23.7. The molecule has 6 nitrogen and oxygen atoms in total. The first-order chi connectivity index (χ1) is 39.0. The van der Waals surface area contributed by atoms with Crippen LogP contribution >= 0.6 is 0 Å². The van der Waals surface area contributed by atoms with Crippen molar-refractivity contribution in [2.45, 2.75) is 361 Å². The minimum absolute atomic E-state index is 0.0775. The molecule has 0 fully saturated rings. The fourth-order valence-corrected chi connectivity index (χ4v) is 10.1. The van der Waals surface area contributed by atoms with Gasteiger partial charge in [0, 0.05) is 19.3 Å². The maximum Gasteiger partial charge on any atom is 0.306 e. The molecule has 0 rings (SSSR count). The van der Waals surface area contributed by atoms with Crippen LogP contribution in [0.1, 0.15) is 355 Å². The average molecular weight is 1100 g/mol. The zero-order valence-electron chi connectivity index (χ0n) is 52.6. The van der Waals surface area contributed by atoms with Crippen LogP contribution in [-0.4, -0.2) is 37.2 Å². The van der Waals surface area contributed by atoms with Gasteiger partial charge in [0.2, 0.25) is 0 Å². The molecule has 6 heteroatoms. The zero-order valence-corrected chi connectivity index (χ0v) is 52.6. The van der Waals surface area contributed by atoms with Crippen molar-refractivity contribution in [2.24, 2.45) is 0 Å². The van der Waals surface area contributed by atoms with Crippen LogP contribution in [0.25, 0.3) is 0 Å². The van der Waals surface area contributed by atoms with Crippen LogP contribution in [-0.2, 0) is 28.6 Å². The number of ether oxygens (including phenoxy) is 3. The number of allylic oxidation sites excluding steroid dienone is 12. The third kappa shape index (κ3) is 65.5. The van der Waals surface area contributed by atoms with Gasteiger partial charge in [-0.25, -0.2) is 0 Å². The highest BCUT2D eigenvalue weighted by Gasteiger charge is 2.19. The van der Waals surface area contributed by atoms with E-state index in [4.69, 9.17) is 14.2 Å². The summed E-state index contributed by atoms with van der Waals surface area (Å²) < 4.78 is 16.9. The maximum atomic E-state index is 12.9. The lowest BCUT2D eigenvalue weighted by Crippen LogP contribution is -2.30. The Morgan fingerprint density at radius 3 is 0.772 bits per heavy atom. The number of rotatable bonds is 63. The Bertz CT molecular complexity index is 1450. The van der Waals surface area contributed by atoms with Gasteiger partial charge in [-0.1, -0.05) is 338 Å². The van der Waals surface area contributed by atoms with Gasteiger partial charge in [-0.15, -0.1) is 0 Å². The molecule has 0 aromatic rings. The molecule has 0 amide bonds. The van der Waals surface area contributed by atoms with E-state index in [-0.39, 0.29) is 31.1 Å². The van der Waals surface area contributed by atoms with E-state index in [1.54, 1.807) is 0 Å². The van der Waals surface area contributed by atoms with Crippen molar-refractivity contribution in [1.82, 2.24) is 0 Å². The van der Waals surface area contributed by atoms with Crippen LogP contribution in [0.2, 0.25) is 0 Å². The number of unbranched alkanes of at least 4 members (excludes halogenated alkanes) is 40. The topological polar surface area (TPSA) is 78.9 Å². The molecule has 0 aromatic carbocycles. The van der Waals surface area contributed by atoms with Gasteiger partial charge in [0.15, 0.2) is 6.10 Å². The standard InChI is InChI=1S/C73H130O6/c1-4-7-10-13-16-19-21-23-25-27-29-31-33-35-36-37-39-40-42-44-46-48-50-52-54-57-60-63-66-72(75)78-69-70(68-77-71(74)65-62-59-56-18-15-12-9-6-3)79-73(76)67-64-61-58-55-53-51-49-47-45-43-41-38-34-32-30-28-26-24-22-20-17-14-11-8-5-2/h8,11,17,20,24,26,30,32,38,41,45,47,70H,4-7,9-10,12-16,18-19,21-23,25,27-29,31,33-37,39-40,42-44,46,48-69H2,1-3H3/b11-8-,20-17-,26-24-,32-30-,41-38-,47-45-. The van der Waals surface area contributed by atoms with Crippen LogP contribution in [0.15, 0.2) is 72.9 Å². The molecule has 0 radical (unpaired) electrons. The SMILES string of the molecule is CC/C=C\C/C=C\C/C=C\C/C=C\C/C=C\C/C=C\CCCCCCCCC(=O)OC(COC(=O)CCCCCCCCCC)COC(=O)CCCCCCCCCCCCCCCCCCCCCCCCCCCCCC. The van der Waals surface area contributed by atoms with Crippen molar-refractivity contribution in [3.8, 4) is 0 Å². The molecule has 0 aliphatic heterocycles. The van der Waals surface area contributed by atoms with E-state index in [1.807, 2.05) is 0 Å². The van der Waals surface area contributed by atoms with E-state index in [2.05, 4.69) is 93.7 Å². The first kappa shape index (κ1) is 75.8. The van der Waals surface area contributed by atoms with E-state index < -0.39 is 6.10 Å². The highest BCUT2D eigenvalue weighted by Crippen LogP contribution is 2.18. The minimum atomic E-state index is -0.781. The molecule has 0 aliphatic rings. The molecule has 1 atom stereocenters. The first-order valence-electron chi connectivity index (χ1n) is 34.4. The summed E-state index contributed by atoms with van der Waals surface area (Å²) in [7, 11) is 0. The number of carbonyl (C=O) groups excluding carboxylic acids is 3. The lowest BCUT2D eigenvalue weighted by atomic mass is 10.0. The molecule has 0 saturated heterocycles. The summed E-state index contributed by atoms with van der Waals surface area (Å²) >= 11 is 0. The lowest BCUT2D eigenvalue weighted by molar-refractivity contribution is -0.167. The van der Waals surface area contributed by atoms with E-state index in [1.165, 1.54) is 205 Å². The average Bonchev–Trinajstić information content (AvgIpc) is 3.45. The third-order valence-corrected chi connectivity index (χ3v) is 15.2. The number of hydrogen-bond donors (Lipinski definition) is 0. The maximum absolute atomic E-state index is 12.9. The van der Waals surface area contributed by atoms with Gasteiger partial charge >= 0.3 is 17.9 Å². The van der Waals surface area contributed by atoms with Crippen LogP contribution in [0.3, 0.4) is 0 Å². The van der Waals surface area contributed by atoms with E-state index in [9.17, 15) is 14.4 Å². The summed E-state index contributed by atoms with van der Waals surface area (Å²) in [5.41, 5.74) is 0. The van der Waals surface area contributed by atoms with Crippen molar-refractivity contribution < 1.29 is 28.6 Å². The van der Waals surface area contributed by atoms with Crippen LogP contribution in [0.4, 0.5) is 0 Å². The minimum Gasteiger partial charge on any atom is -0.462 e. The van der Waals surface area contributed by atoms with Crippen LogP contribution < -0.4 is 0 Å². The van der Waals surface area contributed by atoms with Crippen molar-refractivity contribution >= 4 is 17.9 Å². The summed E-state index contributed by atoms with van der Waals surface area (Å²) in [5, 5.41) is 0. The van der Waals surface area contributed by atoms with Crippen LogP contribution in [0, 0.1) is 0 Å². The summed E-state index contributed by atoms with van der Waals surface area (Å²) in [6, 6.07) is 0. The Balaban J connectivity index is 4.13. The van der Waals surface area contributed by atoms with Gasteiger partial charge in [-0.2, -0.15) is 0 Å². The van der Waals surface area contributed by atoms with Gasteiger partial charge in [-0.05, 0) is 70.6 Å². The van der Waals surface area contributed by atoms with Crippen molar-refractivity contribution in [3.05, 3.63) is 72.9 Å². The molecule has 0 bridgehead atoms. The Kier molecular flexibility index (Phi) is 64.7. The molecular formula is C73H130O6. The molecule has 79 heavy (non-hydrogen) atoms. The normalized spacial score (nSPS) is 12.5. The molecule has 458 valence electrons. The Morgan fingerprint density at radius 2 is 0.494 bits per heavy atom. The van der Waals surface area contributed by atoms with Gasteiger partial charge in [0.05, 0.1) is 0 Å². The highest BCUT2D eigenvalue weighted by molar-refractivity contribution is 5.71. The Morgan fingerprint density at radius 1 is 0.266 bits per heavy atom. The molecule has 0 saturated carbocycles. The lowest BCUT2D eigenvalue weighted by Gasteiger charge is -2.18. The van der Waals surface area contributed by atoms with E-state index in [0.29, 0.717) is 19.3 Å². The summed E-state index contributed by atoms with van der Waals surface area (Å²) in [6.07, 6.45) is 88.1. The molecular weight excluding hydrogens is 973 g/mol. The quantitative estimate of drug-likeness (QED) is 0.0261. The van der Waals surface area contributed by atoms with E-state index >= 15 is 0 Å². The molecule has 0 N–H and O–H groups in total. The van der Waals surface area contributed by atoms with Gasteiger partial charge < -0.3 is 14.2 Å². The number of hydrogen-bond acceptors (Lipinski definition) is 6. The largest absolute Gasteiger partial charge is 0.462 e. The van der Waals surface area contributed by atoms with Crippen molar-refractivity contribution in [1.29, 1.82) is 0 Å². The second-order valence-corrected chi connectivity index (χ2v) is 23.1. The second-order valence-electron chi connectivity index (χ2n) is 23.1. The molecule has 1 unspecified atom stereocenters. The first-order valence-corrected chi connectivity index (χ1v) is 34.4. The molecule has 0 heterocycles. The zero-order chi connectivity index (χ0) is 57.1. The summed E-state index contributed by atoms with van der Waals surface area (Å²) in [5.74, 6) is -0.879. The van der Waals surface area contributed by atoms with Crippen LogP contribution in [0.5, 0.6) is 0 Å². The molecule has 0 spiro atoms. The second kappa shape index (κ2) is 67.4. The molecule has 0 aliphatic carbocycles. The Labute approximate surface area is 491 Å². The fourth-order valence-electron chi connectivity index (χ4n) is 10.1. The van der Waals surface area contributed by atoms with E-state index in [0.717, 1.165) is 109 Å². The van der Waals surface area contributed by atoms with Gasteiger partial charge in [0.1, 0.15) is 13.2 Å². The summed E-state index contributed by atoms with van der Waals surface area (Å²) in [6.45, 7) is 6.53. The Hall–Kier alpha value is -3.15. The number of esters is 3. The predicted molar refractivity (Wildman–Crippen MR) is 344 cm³/mol. The van der Waals surface area contributed by atoms with Crippen molar-refractivity contribution in [3.63, 3.8) is 0 Å². The monoisotopic (exact) mass is 1100 g/mol. The molecule has 0 aromatic heterocycles. The third-order valence-electron chi connectivity index (χ3n) is 15.2. The summed E-state index contributed by atoms with van der Waals surface area (Å²) in [4.78, 5) is 38.2. The van der Waals surface area contributed by atoms with Crippen molar-refractivity contribution in [2.75, 3.05) is 13.2 Å². The highest BCUT2D eigenvalue weighted by atomic mass is 16.6.